The minimum absolute atomic E-state index is 0.000464. The van der Waals surface area contributed by atoms with Gasteiger partial charge in [-0.2, -0.15) is 18.2 Å². The van der Waals surface area contributed by atoms with Crippen LogP contribution in [0.3, 0.4) is 0 Å². The zero-order chi connectivity index (χ0) is 22.6. The summed E-state index contributed by atoms with van der Waals surface area (Å²) in [6, 6.07) is 11.9. The van der Waals surface area contributed by atoms with Crippen LogP contribution in [0.15, 0.2) is 54.7 Å². The summed E-state index contributed by atoms with van der Waals surface area (Å²) in [7, 11) is 0. The highest BCUT2D eigenvalue weighted by molar-refractivity contribution is 5.64. The van der Waals surface area contributed by atoms with Crippen LogP contribution in [0.4, 0.5) is 42.0 Å². The predicted octanol–water partition coefficient (Wildman–Crippen LogP) is 5.68. The molecule has 0 saturated carbocycles. The Morgan fingerprint density at radius 2 is 1.77 bits per heavy atom. The molecule has 0 fully saturated rings. The van der Waals surface area contributed by atoms with Gasteiger partial charge in [0.25, 0.3) is 5.69 Å². The lowest BCUT2D eigenvalue weighted by molar-refractivity contribution is -0.384. The second kappa shape index (κ2) is 8.86. The van der Waals surface area contributed by atoms with Crippen molar-refractivity contribution in [2.75, 3.05) is 10.6 Å². The van der Waals surface area contributed by atoms with Crippen LogP contribution in [0.2, 0.25) is 0 Å². The first-order chi connectivity index (χ1) is 14.6. The molecule has 162 valence electrons. The molecule has 0 aliphatic rings. The molecular formula is C20H18F3N5O3. The van der Waals surface area contributed by atoms with Gasteiger partial charge in [-0.15, -0.1) is 0 Å². The standard InChI is InChI=1S/C20H18F3N5O3/c1-12(2)31-16-8-6-13(7-9-16)26-19-24-11-17(20(21,22)23)18(27-19)25-14-4-3-5-15(10-14)28(29)30/h3-12H,1-2H3,(H2,24,25,26,27). The first kappa shape index (κ1) is 21.8. The van der Waals surface area contributed by atoms with Crippen molar-refractivity contribution in [1.29, 1.82) is 0 Å². The third-order valence-corrected chi connectivity index (χ3v) is 3.90. The Hall–Kier alpha value is -3.89. The summed E-state index contributed by atoms with van der Waals surface area (Å²) in [5.41, 5.74) is -0.753. The zero-order valence-corrected chi connectivity index (χ0v) is 16.5. The van der Waals surface area contributed by atoms with Crippen molar-refractivity contribution < 1.29 is 22.8 Å². The number of halogens is 3. The van der Waals surface area contributed by atoms with Crippen LogP contribution in [0, 0.1) is 10.1 Å². The number of ether oxygens (including phenoxy) is 1. The fraction of sp³-hybridized carbons (Fsp3) is 0.200. The Bertz CT molecular complexity index is 1070. The lowest BCUT2D eigenvalue weighted by Gasteiger charge is -2.15. The first-order valence-electron chi connectivity index (χ1n) is 9.11. The highest BCUT2D eigenvalue weighted by Crippen LogP contribution is 2.35. The highest BCUT2D eigenvalue weighted by Gasteiger charge is 2.35. The molecule has 2 aromatic carbocycles. The van der Waals surface area contributed by atoms with Gasteiger partial charge in [0.05, 0.1) is 11.0 Å². The molecule has 0 atom stereocenters. The molecule has 0 bridgehead atoms. The number of non-ortho nitro benzene ring substituents is 1. The summed E-state index contributed by atoms with van der Waals surface area (Å²) in [6.45, 7) is 3.77. The van der Waals surface area contributed by atoms with Crippen molar-refractivity contribution in [3.05, 3.63) is 70.4 Å². The van der Waals surface area contributed by atoms with Crippen LogP contribution < -0.4 is 15.4 Å². The van der Waals surface area contributed by atoms with Gasteiger partial charge in [0, 0.05) is 29.7 Å². The molecule has 31 heavy (non-hydrogen) atoms. The van der Waals surface area contributed by atoms with Gasteiger partial charge in [0.15, 0.2) is 0 Å². The van der Waals surface area contributed by atoms with E-state index in [1.165, 1.54) is 18.2 Å². The maximum atomic E-state index is 13.4. The average molecular weight is 433 g/mol. The number of nitrogens with one attached hydrogen (secondary N) is 2. The van der Waals surface area contributed by atoms with Gasteiger partial charge in [0.2, 0.25) is 5.95 Å². The van der Waals surface area contributed by atoms with E-state index < -0.39 is 22.5 Å². The molecule has 0 amide bonds. The third-order valence-electron chi connectivity index (χ3n) is 3.90. The fourth-order valence-electron chi connectivity index (χ4n) is 2.60. The largest absolute Gasteiger partial charge is 0.491 e. The van der Waals surface area contributed by atoms with Crippen LogP contribution in [0.25, 0.3) is 0 Å². The predicted molar refractivity (Wildman–Crippen MR) is 109 cm³/mol. The lowest BCUT2D eigenvalue weighted by Crippen LogP contribution is -2.12. The van der Waals surface area contributed by atoms with Crippen molar-refractivity contribution >= 4 is 28.8 Å². The lowest BCUT2D eigenvalue weighted by atomic mass is 10.2. The molecule has 3 rings (SSSR count). The molecule has 0 radical (unpaired) electrons. The number of hydrogen-bond donors (Lipinski definition) is 2. The van der Waals surface area contributed by atoms with E-state index in [9.17, 15) is 23.3 Å². The summed E-state index contributed by atoms with van der Waals surface area (Å²) in [5.74, 6) is 0.0191. The second-order valence-electron chi connectivity index (χ2n) is 6.70. The number of alkyl halides is 3. The van der Waals surface area contributed by atoms with Crippen LogP contribution in [0.5, 0.6) is 5.75 Å². The van der Waals surface area contributed by atoms with Crippen LogP contribution in [-0.4, -0.2) is 21.0 Å². The van der Waals surface area contributed by atoms with Gasteiger partial charge in [-0.05, 0) is 44.2 Å². The summed E-state index contributed by atoms with van der Waals surface area (Å²) >= 11 is 0. The number of nitro benzene ring substituents is 1. The quantitative estimate of drug-likeness (QED) is 0.365. The number of aromatic nitrogens is 2. The average Bonchev–Trinajstić information content (AvgIpc) is 2.68. The zero-order valence-electron chi connectivity index (χ0n) is 16.5. The van der Waals surface area contributed by atoms with E-state index in [-0.39, 0.29) is 23.4 Å². The van der Waals surface area contributed by atoms with Crippen LogP contribution in [0.1, 0.15) is 19.4 Å². The molecule has 1 heterocycles. The van der Waals surface area contributed by atoms with Gasteiger partial charge in [-0.3, -0.25) is 10.1 Å². The van der Waals surface area contributed by atoms with Gasteiger partial charge >= 0.3 is 6.18 Å². The van der Waals surface area contributed by atoms with Crippen molar-refractivity contribution in [2.45, 2.75) is 26.1 Å². The van der Waals surface area contributed by atoms with Crippen molar-refractivity contribution in [1.82, 2.24) is 9.97 Å². The van der Waals surface area contributed by atoms with E-state index in [1.807, 2.05) is 13.8 Å². The van der Waals surface area contributed by atoms with Crippen LogP contribution >= 0.6 is 0 Å². The van der Waals surface area contributed by atoms with Gasteiger partial charge in [-0.25, -0.2) is 4.98 Å². The number of benzene rings is 2. The topological polar surface area (TPSA) is 102 Å². The van der Waals surface area contributed by atoms with E-state index in [1.54, 1.807) is 24.3 Å². The highest BCUT2D eigenvalue weighted by atomic mass is 19.4. The summed E-state index contributed by atoms with van der Waals surface area (Å²) in [5, 5.41) is 16.2. The van der Waals surface area contributed by atoms with E-state index in [2.05, 4.69) is 20.6 Å². The number of hydrogen-bond acceptors (Lipinski definition) is 7. The van der Waals surface area contributed by atoms with Crippen LogP contribution in [-0.2, 0) is 6.18 Å². The fourth-order valence-corrected chi connectivity index (χ4v) is 2.60. The Morgan fingerprint density at radius 3 is 2.39 bits per heavy atom. The molecule has 11 heteroatoms. The Labute approximate surface area is 175 Å². The monoisotopic (exact) mass is 433 g/mol. The molecular weight excluding hydrogens is 415 g/mol. The molecule has 0 aliphatic heterocycles. The Morgan fingerprint density at radius 1 is 1.06 bits per heavy atom. The van der Waals surface area contributed by atoms with Crippen molar-refractivity contribution in [3.8, 4) is 5.75 Å². The molecule has 0 spiro atoms. The molecule has 0 unspecified atom stereocenters. The van der Waals surface area contributed by atoms with Crippen molar-refractivity contribution in [2.24, 2.45) is 0 Å². The van der Waals surface area contributed by atoms with E-state index in [0.29, 0.717) is 17.6 Å². The minimum Gasteiger partial charge on any atom is -0.491 e. The van der Waals surface area contributed by atoms with Crippen molar-refractivity contribution in [3.63, 3.8) is 0 Å². The molecule has 2 N–H and O–H groups in total. The van der Waals surface area contributed by atoms with E-state index in [4.69, 9.17) is 4.74 Å². The number of rotatable bonds is 7. The third kappa shape index (κ3) is 5.81. The number of anilines is 4. The van der Waals surface area contributed by atoms with E-state index in [0.717, 1.165) is 6.07 Å². The molecule has 3 aromatic rings. The van der Waals surface area contributed by atoms with E-state index >= 15 is 0 Å². The molecule has 0 saturated heterocycles. The minimum atomic E-state index is -4.72. The first-order valence-corrected chi connectivity index (χ1v) is 9.11. The van der Waals surface area contributed by atoms with Gasteiger partial charge in [-0.1, -0.05) is 6.07 Å². The Balaban J connectivity index is 1.88. The molecule has 0 aliphatic carbocycles. The number of nitrogens with zero attached hydrogens (tertiary/aromatic N) is 3. The number of nitro groups is 1. The maximum Gasteiger partial charge on any atom is 0.421 e. The van der Waals surface area contributed by atoms with Gasteiger partial charge in [0.1, 0.15) is 17.1 Å². The normalized spacial score (nSPS) is 11.3. The summed E-state index contributed by atoms with van der Waals surface area (Å²) in [6.07, 6.45) is -4.08. The SMILES string of the molecule is CC(C)Oc1ccc(Nc2ncc(C(F)(F)F)c(Nc3cccc([N+](=O)[O-])c3)n2)cc1. The smallest absolute Gasteiger partial charge is 0.421 e. The molecule has 1 aromatic heterocycles. The Kier molecular flexibility index (Phi) is 6.23. The molecule has 8 nitrogen and oxygen atoms in total. The maximum absolute atomic E-state index is 13.4. The van der Waals surface area contributed by atoms with Gasteiger partial charge < -0.3 is 15.4 Å². The summed E-state index contributed by atoms with van der Waals surface area (Å²) < 4.78 is 45.8. The summed E-state index contributed by atoms with van der Waals surface area (Å²) in [4.78, 5) is 17.9. The second-order valence-corrected chi connectivity index (χ2v) is 6.70.